The number of carbonyl (C=O) groups is 2. The highest BCUT2D eigenvalue weighted by molar-refractivity contribution is 7.92. The van der Waals surface area contributed by atoms with E-state index in [4.69, 9.17) is 23.2 Å². The van der Waals surface area contributed by atoms with Crippen LogP contribution in [0.2, 0.25) is 10.0 Å². The van der Waals surface area contributed by atoms with Crippen molar-refractivity contribution in [1.82, 2.24) is 10.2 Å². The van der Waals surface area contributed by atoms with Crippen LogP contribution in [0.4, 0.5) is 5.69 Å². The van der Waals surface area contributed by atoms with Gasteiger partial charge in [0.05, 0.1) is 22.0 Å². The zero-order valence-corrected chi connectivity index (χ0v) is 21.0. The molecule has 0 aliphatic heterocycles. The standard InChI is InChI=1S/C22H27Cl2N3O4S/c1-14-6-9-20(15(2)10-14)27(32(5,30)31)13-21(28)26(16(3)22(29)25-4)12-17-7-8-18(23)19(24)11-17/h6-11,16H,12-13H2,1-5H3,(H,25,29). The maximum Gasteiger partial charge on any atom is 0.244 e. The molecule has 1 N–H and O–H groups in total. The Bertz CT molecular complexity index is 1120. The van der Waals surface area contributed by atoms with E-state index in [2.05, 4.69) is 5.32 Å². The van der Waals surface area contributed by atoms with E-state index in [9.17, 15) is 18.0 Å². The Hall–Kier alpha value is -2.29. The fraction of sp³-hybridized carbons (Fsp3) is 0.364. The third kappa shape index (κ3) is 6.37. The van der Waals surface area contributed by atoms with Gasteiger partial charge in [-0.15, -0.1) is 0 Å². The Labute approximate surface area is 199 Å². The first-order valence-corrected chi connectivity index (χ1v) is 12.5. The van der Waals surface area contributed by atoms with Crippen LogP contribution in [0.25, 0.3) is 0 Å². The summed E-state index contributed by atoms with van der Waals surface area (Å²) in [6.07, 6.45) is 1.05. The first-order valence-electron chi connectivity index (χ1n) is 9.85. The van der Waals surface area contributed by atoms with Gasteiger partial charge in [0.2, 0.25) is 21.8 Å². The Morgan fingerprint density at radius 2 is 1.72 bits per heavy atom. The van der Waals surface area contributed by atoms with Crippen LogP contribution >= 0.6 is 23.2 Å². The molecule has 7 nitrogen and oxygen atoms in total. The second kappa shape index (κ2) is 10.6. The minimum Gasteiger partial charge on any atom is -0.357 e. The van der Waals surface area contributed by atoms with E-state index in [1.165, 1.54) is 11.9 Å². The van der Waals surface area contributed by atoms with Crippen molar-refractivity contribution in [2.24, 2.45) is 0 Å². The van der Waals surface area contributed by atoms with E-state index in [1.54, 1.807) is 44.2 Å². The van der Waals surface area contributed by atoms with Crippen molar-refractivity contribution in [3.63, 3.8) is 0 Å². The summed E-state index contributed by atoms with van der Waals surface area (Å²) in [5.74, 6) is -0.909. The molecule has 1 unspecified atom stereocenters. The van der Waals surface area contributed by atoms with E-state index in [1.807, 2.05) is 13.0 Å². The molecule has 2 amide bonds. The van der Waals surface area contributed by atoms with Crippen LogP contribution in [-0.4, -0.2) is 51.0 Å². The lowest BCUT2D eigenvalue weighted by molar-refractivity contribution is -0.139. The molecule has 0 saturated carbocycles. The predicted molar refractivity (Wildman–Crippen MR) is 129 cm³/mol. The SMILES string of the molecule is CNC(=O)C(C)N(Cc1ccc(Cl)c(Cl)c1)C(=O)CN(c1ccc(C)cc1C)S(C)(=O)=O. The molecule has 174 valence electrons. The number of anilines is 1. The van der Waals surface area contributed by atoms with Crippen molar-refractivity contribution in [1.29, 1.82) is 0 Å². The number of hydrogen-bond donors (Lipinski definition) is 1. The number of carbonyl (C=O) groups excluding carboxylic acids is 2. The highest BCUT2D eigenvalue weighted by Crippen LogP contribution is 2.26. The average molecular weight is 500 g/mol. The van der Waals surface area contributed by atoms with Crippen LogP contribution in [-0.2, 0) is 26.2 Å². The lowest BCUT2D eigenvalue weighted by Crippen LogP contribution is -2.50. The molecular formula is C22H27Cl2N3O4S. The smallest absolute Gasteiger partial charge is 0.244 e. The van der Waals surface area contributed by atoms with Gasteiger partial charge in [-0.25, -0.2) is 8.42 Å². The van der Waals surface area contributed by atoms with Gasteiger partial charge in [0, 0.05) is 13.6 Å². The molecule has 2 rings (SSSR count). The number of halogens is 2. The number of likely N-dealkylation sites (N-methyl/N-ethyl adjacent to an activating group) is 1. The third-order valence-corrected chi connectivity index (χ3v) is 6.92. The molecule has 0 spiro atoms. The Balaban J connectivity index is 2.43. The van der Waals surface area contributed by atoms with Crippen LogP contribution in [0, 0.1) is 13.8 Å². The van der Waals surface area contributed by atoms with Gasteiger partial charge in [-0.2, -0.15) is 0 Å². The van der Waals surface area contributed by atoms with Crippen LogP contribution < -0.4 is 9.62 Å². The lowest BCUT2D eigenvalue weighted by Gasteiger charge is -2.31. The third-order valence-electron chi connectivity index (χ3n) is 5.05. The van der Waals surface area contributed by atoms with Crippen molar-refractivity contribution in [3.8, 4) is 0 Å². The van der Waals surface area contributed by atoms with E-state index in [0.29, 0.717) is 21.3 Å². The largest absolute Gasteiger partial charge is 0.357 e. The number of nitrogens with one attached hydrogen (secondary N) is 1. The number of nitrogens with zero attached hydrogens (tertiary/aromatic N) is 2. The molecule has 1 atom stereocenters. The zero-order valence-electron chi connectivity index (χ0n) is 18.6. The molecule has 0 aliphatic rings. The van der Waals surface area contributed by atoms with E-state index in [-0.39, 0.29) is 12.5 Å². The minimum atomic E-state index is -3.77. The molecule has 0 saturated heterocycles. The molecule has 2 aromatic carbocycles. The number of rotatable bonds is 8. The molecule has 0 fully saturated rings. The number of amides is 2. The van der Waals surface area contributed by atoms with Gasteiger partial charge >= 0.3 is 0 Å². The molecule has 32 heavy (non-hydrogen) atoms. The Morgan fingerprint density at radius 3 is 2.25 bits per heavy atom. The molecule has 0 aliphatic carbocycles. The van der Waals surface area contributed by atoms with Gasteiger partial charge < -0.3 is 10.2 Å². The van der Waals surface area contributed by atoms with Crippen LogP contribution in [0.3, 0.4) is 0 Å². The van der Waals surface area contributed by atoms with Crippen LogP contribution in [0.5, 0.6) is 0 Å². The summed E-state index contributed by atoms with van der Waals surface area (Å²) in [5.41, 5.74) is 2.76. The highest BCUT2D eigenvalue weighted by atomic mass is 35.5. The fourth-order valence-electron chi connectivity index (χ4n) is 3.31. The fourth-order valence-corrected chi connectivity index (χ4v) is 4.53. The Kier molecular flexibility index (Phi) is 8.56. The second-order valence-electron chi connectivity index (χ2n) is 7.62. The normalized spacial score (nSPS) is 12.2. The molecule has 0 radical (unpaired) electrons. The van der Waals surface area contributed by atoms with Crippen molar-refractivity contribution in [3.05, 3.63) is 63.1 Å². The molecule has 0 bridgehead atoms. The maximum absolute atomic E-state index is 13.4. The summed E-state index contributed by atoms with van der Waals surface area (Å²) in [6, 6.07) is 9.37. The molecule has 0 heterocycles. The second-order valence-corrected chi connectivity index (χ2v) is 10.3. The monoisotopic (exact) mass is 499 g/mol. The molecule has 10 heteroatoms. The van der Waals surface area contributed by atoms with Crippen LogP contribution in [0.1, 0.15) is 23.6 Å². The number of sulfonamides is 1. The maximum atomic E-state index is 13.4. The van der Waals surface area contributed by atoms with Gasteiger partial charge in [-0.05, 0) is 50.1 Å². The van der Waals surface area contributed by atoms with Crippen molar-refractivity contribution < 1.29 is 18.0 Å². The van der Waals surface area contributed by atoms with Gasteiger partial charge in [0.25, 0.3) is 0 Å². The number of hydrogen-bond acceptors (Lipinski definition) is 4. The summed E-state index contributed by atoms with van der Waals surface area (Å²) in [5, 5.41) is 3.21. The number of benzene rings is 2. The van der Waals surface area contributed by atoms with E-state index >= 15 is 0 Å². The van der Waals surface area contributed by atoms with Gasteiger partial charge in [-0.1, -0.05) is 47.0 Å². The first-order chi connectivity index (χ1) is 14.8. The van der Waals surface area contributed by atoms with E-state index < -0.39 is 28.5 Å². The Morgan fingerprint density at radius 1 is 1.06 bits per heavy atom. The summed E-state index contributed by atoms with van der Waals surface area (Å²) >= 11 is 12.1. The van der Waals surface area contributed by atoms with Crippen molar-refractivity contribution in [2.75, 3.05) is 24.2 Å². The molecule has 0 aromatic heterocycles. The minimum absolute atomic E-state index is 0.0504. The zero-order chi connectivity index (χ0) is 24.2. The van der Waals surface area contributed by atoms with Crippen LogP contribution in [0.15, 0.2) is 36.4 Å². The molecule has 2 aromatic rings. The van der Waals surface area contributed by atoms with Crippen molar-refractivity contribution in [2.45, 2.75) is 33.4 Å². The highest BCUT2D eigenvalue weighted by Gasteiger charge is 2.30. The van der Waals surface area contributed by atoms with E-state index in [0.717, 1.165) is 21.7 Å². The average Bonchev–Trinajstić information content (AvgIpc) is 2.71. The summed E-state index contributed by atoms with van der Waals surface area (Å²) in [4.78, 5) is 27.0. The predicted octanol–water partition coefficient (Wildman–Crippen LogP) is 3.54. The first kappa shape index (κ1) is 26.0. The summed E-state index contributed by atoms with van der Waals surface area (Å²) in [6.45, 7) is 4.86. The quantitative estimate of drug-likeness (QED) is 0.601. The topological polar surface area (TPSA) is 86.8 Å². The van der Waals surface area contributed by atoms with Crippen molar-refractivity contribution >= 4 is 50.7 Å². The summed E-state index contributed by atoms with van der Waals surface area (Å²) in [7, 11) is -2.30. The van der Waals surface area contributed by atoms with Gasteiger partial charge in [0.1, 0.15) is 12.6 Å². The number of aryl methyl sites for hydroxylation is 2. The van der Waals surface area contributed by atoms with Gasteiger partial charge in [0.15, 0.2) is 0 Å². The lowest BCUT2D eigenvalue weighted by atomic mass is 10.1. The molecular weight excluding hydrogens is 473 g/mol. The summed E-state index contributed by atoms with van der Waals surface area (Å²) < 4.78 is 26.2. The van der Waals surface area contributed by atoms with Gasteiger partial charge in [-0.3, -0.25) is 13.9 Å².